The van der Waals surface area contributed by atoms with Gasteiger partial charge >= 0.3 is 5.97 Å². The standard InChI is InChI=1S/C13H24N2O4/c1-13(12(16)17,10-14-2-6-18-7-3-14)11-15-4-8-19-9-5-15/h2-11H2,1H3,(H,16,17). The number of aliphatic carboxylic acids is 1. The highest BCUT2D eigenvalue weighted by molar-refractivity contribution is 5.74. The number of nitrogens with zero attached hydrogens (tertiary/aromatic N) is 2. The molecule has 1 N–H and O–H groups in total. The molecule has 0 bridgehead atoms. The Labute approximate surface area is 114 Å². The Balaban J connectivity index is 1.93. The van der Waals surface area contributed by atoms with Crippen LogP contribution in [0.4, 0.5) is 0 Å². The summed E-state index contributed by atoms with van der Waals surface area (Å²) in [6, 6.07) is 0. The van der Waals surface area contributed by atoms with Crippen LogP contribution in [-0.4, -0.2) is 86.6 Å². The van der Waals surface area contributed by atoms with Crippen LogP contribution in [-0.2, 0) is 14.3 Å². The fourth-order valence-electron chi connectivity index (χ4n) is 2.69. The highest BCUT2D eigenvalue weighted by Crippen LogP contribution is 2.22. The number of hydrogen-bond donors (Lipinski definition) is 1. The van der Waals surface area contributed by atoms with Gasteiger partial charge in [-0.15, -0.1) is 0 Å². The lowest BCUT2D eigenvalue weighted by Crippen LogP contribution is -2.52. The third-order valence-electron chi connectivity index (χ3n) is 3.87. The van der Waals surface area contributed by atoms with Crippen molar-refractivity contribution in [2.24, 2.45) is 5.41 Å². The summed E-state index contributed by atoms with van der Waals surface area (Å²) >= 11 is 0. The first-order valence-electron chi connectivity index (χ1n) is 6.94. The van der Waals surface area contributed by atoms with Crippen LogP contribution in [0.2, 0.25) is 0 Å². The van der Waals surface area contributed by atoms with Crippen LogP contribution in [0.1, 0.15) is 6.92 Å². The van der Waals surface area contributed by atoms with E-state index in [1.54, 1.807) is 0 Å². The summed E-state index contributed by atoms with van der Waals surface area (Å²) in [6.07, 6.45) is 0. The first-order chi connectivity index (χ1) is 9.10. The number of carbonyl (C=O) groups is 1. The Hall–Kier alpha value is -0.690. The molecule has 2 aliphatic heterocycles. The van der Waals surface area contributed by atoms with Gasteiger partial charge in [-0.2, -0.15) is 0 Å². The van der Waals surface area contributed by atoms with E-state index in [0.29, 0.717) is 39.5 Å². The van der Waals surface area contributed by atoms with Gasteiger partial charge in [0.2, 0.25) is 0 Å². The van der Waals surface area contributed by atoms with Crippen molar-refractivity contribution in [3.63, 3.8) is 0 Å². The third-order valence-corrected chi connectivity index (χ3v) is 3.87. The molecule has 0 atom stereocenters. The Kier molecular flexibility index (Phi) is 5.15. The van der Waals surface area contributed by atoms with Crippen molar-refractivity contribution in [1.29, 1.82) is 0 Å². The van der Waals surface area contributed by atoms with E-state index in [4.69, 9.17) is 9.47 Å². The zero-order valence-electron chi connectivity index (χ0n) is 11.6. The molecule has 2 aliphatic rings. The summed E-state index contributed by atoms with van der Waals surface area (Å²) in [5, 5.41) is 9.58. The molecule has 2 rings (SSSR count). The Morgan fingerprint density at radius 1 is 1.00 bits per heavy atom. The van der Waals surface area contributed by atoms with Crippen LogP contribution in [0.15, 0.2) is 0 Å². The number of carboxylic acid groups (broad SMARTS) is 1. The van der Waals surface area contributed by atoms with Gasteiger partial charge in [0, 0.05) is 39.3 Å². The molecule has 0 saturated carbocycles. The van der Waals surface area contributed by atoms with E-state index in [-0.39, 0.29) is 0 Å². The van der Waals surface area contributed by atoms with E-state index in [2.05, 4.69) is 9.80 Å². The Morgan fingerprint density at radius 3 is 1.68 bits per heavy atom. The van der Waals surface area contributed by atoms with Gasteiger partial charge < -0.3 is 14.6 Å². The molecule has 0 aromatic carbocycles. The van der Waals surface area contributed by atoms with Crippen LogP contribution < -0.4 is 0 Å². The van der Waals surface area contributed by atoms with Crippen molar-refractivity contribution in [1.82, 2.24) is 9.80 Å². The first-order valence-corrected chi connectivity index (χ1v) is 6.94. The van der Waals surface area contributed by atoms with E-state index in [1.807, 2.05) is 6.92 Å². The van der Waals surface area contributed by atoms with Crippen molar-refractivity contribution in [2.75, 3.05) is 65.7 Å². The summed E-state index contributed by atoms with van der Waals surface area (Å²) in [6.45, 7) is 9.13. The quantitative estimate of drug-likeness (QED) is 0.744. The second-order valence-electron chi connectivity index (χ2n) is 5.64. The fourth-order valence-corrected chi connectivity index (χ4v) is 2.69. The second kappa shape index (κ2) is 6.65. The van der Waals surface area contributed by atoms with Crippen molar-refractivity contribution in [3.8, 4) is 0 Å². The molecule has 0 unspecified atom stereocenters. The van der Waals surface area contributed by atoms with Crippen molar-refractivity contribution in [3.05, 3.63) is 0 Å². The molecular weight excluding hydrogens is 248 g/mol. The van der Waals surface area contributed by atoms with Gasteiger partial charge in [0.25, 0.3) is 0 Å². The van der Waals surface area contributed by atoms with Crippen LogP contribution in [0.25, 0.3) is 0 Å². The maximum absolute atomic E-state index is 11.7. The van der Waals surface area contributed by atoms with Gasteiger partial charge in [0.05, 0.1) is 31.8 Å². The molecule has 2 saturated heterocycles. The molecule has 0 aromatic rings. The van der Waals surface area contributed by atoms with Gasteiger partial charge in [-0.3, -0.25) is 14.6 Å². The van der Waals surface area contributed by atoms with Gasteiger partial charge in [0.15, 0.2) is 0 Å². The van der Waals surface area contributed by atoms with Crippen LogP contribution in [0, 0.1) is 5.41 Å². The van der Waals surface area contributed by atoms with Gasteiger partial charge in [-0.25, -0.2) is 0 Å². The predicted octanol–water partition coefficient (Wildman–Crippen LogP) is -0.258. The molecule has 19 heavy (non-hydrogen) atoms. The minimum absolute atomic E-state index is 0.586. The average molecular weight is 272 g/mol. The van der Waals surface area contributed by atoms with Crippen LogP contribution in [0.3, 0.4) is 0 Å². The van der Waals surface area contributed by atoms with E-state index in [0.717, 1.165) is 26.2 Å². The molecule has 0 amide bonds. The minimum atomic E-state index is -0.728. The third kappa shape index (κ3) is 4.14. The Bertz CT molecular complexity index is 279. The number of hydrogen-bond acceptors (Lipinski definition) is 5. The van der Waals surface area contributed by atoms with Crippen molar-refractivity contribution < 1.29 is 19.4 Å². The SMILES string of the molecule is CC(CN1CCOCC1)(CN1CCOCC1)C(=O)O. The average Bonchev–Trinajstić information content (AvgIpc) is 2.40. The van der Waals surface area contributed by atoms with Crippen molar-refractivity contribution in [2.45, 2.75) is 6.92 Å². The summed E-state index contributed by atoms with van der Waals surface area (Å²) in [4.78, 5) is 16.0. The molecule has 2 heterocycles. The Morgan fingerprint density at radius 2 is 1.37 bits per heavy atom. The monoisotopic (exact) mass is 272 g/mol. The number of rotatable bonds is 5. The first kappa shape index (κ1) is 14.7. The topological polar surface area (TPSA) is 62.2 Å². The maximum atomic E-state index is 11.7. The van der Waals surface area contributed by atoms with Gasteiger partial charge in [-0.05, 0) is 6.92 Å². The fraction of sp³-hybridized carbons (Fsp3) is 0.923. The molecule has 6 nitrogen and oxygen atoms in total. The summed E-state index contributed by atoms with van der Waals surface area (Å²) in [5.41, 5.74) is -0.728. The number of ether oxygens (including phenoxy) is 2. The smallest absolute Gasteiger partial charge is 0.311 e. The highest BCUT2D eigenvalue weighted by Gasteiger charge is 2.37. The normalized spacial score (nSPS) is 23.4. The minimum Gasteiger partial charge on any atom is -0.481 e. The largest absolute Gasteiger partial charge is 0.481 e. The molecule has 0 spiro atoms. The lowest BCUT2D eigenvalue weighted by atomic mass is 9.89. The van der Waals surface area contributed by atoms with Gasteiger partial charge in [0.1, 0.15) is 0 Å². The summed E-state index contributed by atoms with van der Waals surface area (Å²) < 4.78 is 10.6. The van der Waals surface area contributed by atoms with Crippen molar-refractivity contribution >= 4 is 5.97 Å². The molecule has 6 heteroatoms. The number of carboxylic acids is 1. The van der Waals surface area contributed by atoms with E-state index < -0.39 is 11.4 Å². The summed E-state index contributed by atoms with van der Waals surface area (Å²) in [5.74, 6) is -0.717. The lowest BCUT2D eigenvalue weighted by molar-refractivity contribution is -0.152. The molecule has 0 aromatic heterocycles. The van der Waals surface area contributed by atoms with Gasteiger partial charge in [-0.1, -0.05) is 0 Å². The maximum Gasteiger partial charge on any atom is 0.311 e. The number of morpholine rings is 2. The van der Waals surface area contributed by atoms with E-state index >= 15 is 0 Å². The zero-order chi connectivity index (χ0) is 13.7. The molecule has 2 fully saturated rings. The summed E-state index contributed by atoms with van der Waals surface area (Å²) in [7, 11) is 0. The molecule has 0 aliphatic carbocycles. The van der Waals surface area contributed by atoms with E-state index in [9.17, 15) is 9.90 Å². The highest BCUT2D eigenvalue weighted by atomic mass is 16.5. The zero-order valence-corrected chi connectivity index (χ0v) is 11.6. The van der Waals surface area contributed by atoms with Crippen LogP contribution >= 0.6 is 0 Å². The predicted molar refractivity (Wildman–Crippen MR) is 70.3 cm³/mol. The molecule has 0 radical (unpaired) electrons. The molecule has 110 valence electrons. The van der Waals surface area contributed by atoms with Crippen LogP contribution in [0.5, 0.6) is 0 Å². The molecular formula is C13H24N2O4. The second-order valence-corrected chi connectivity index (χ2v) is 5.64. The lowest BCUT2D eigenvalue weighted by Gasteiger charge is -2.38. The van der Waals surface area contributed by atoms with E-state index in [1.165, 1.54) is 0 Å².